The van der Waals surface area contributed by atoms with Crippen molar-refractivity contribution in [2.45, 2.75) is 58.4 Å². The quantitative estimate of drug-likeness (QED) is 0.725. The van der Waals surface area contributed by atoms with Crippen molar-refractivity contribution in [2.24, 2.45) is 0 Å². The first-order valence-electron chi connectivity index (χ1n) is 8.18. The number of hydrogen-bond acceptors (Lipinski definition) is 5. The molecule has 2 fully saturated rings. The highest BCUT2D eigenvalue weighted by molar-refractivity contribution is 5.82. The van der Waals surface area contributed by atoms with E-state index in [9.17, 15) is 9.59 Å². The molecule has 0 bridgehead atoms. The van der Waals surface area contributed by atoms with Crippen LogP contribution in [0.4, 0.5) is 4.79 Å². The summed E-state index contributed by atoms with van der Waals surface area (Å²) in [6.07, 6.45) is -0.873. The number of piperazine rings is 1. The normalized spacial score (nSPS) is 29.3. The van der Waals surface area contributed by atoms with Gasteiger partial charge < -0.3 is 24.0 Å². The standard InChI is InChI=1S/C16H28N2O5/c1-11-8-17(15(20)23-16(3,4)5)9-12(2)18(11)14(19)13-10-21-6-7-22-13/h11-13H,6-10H2,1-5H3/t11-,12+,13-/m1/s1. The molecular formula is C16H28N2O5. The monoisotopic (exact) mass is 328 g/mol. The lowest BCUT2D eigenvalue weighted by Gasteiger charge is -2.45. The van der Waals surface area contributed by atoms with Crippen molar-refractivity contribution >= 4 is 12.0 Å². The lowest BCUT2D eigenvalue weighted by molar-refractivity contribution is -0.165. The molecule has 2 rings (SSSR count). The van der Waals surface area contributed by atoms with Crippen molar-refractivity contribution in [2.75, 3.05) is 32.9 Å². The van der Waals surface area contributed by atoms with Gasteiger partial charge in [0, 0.05) is 25.2 Å². The van der Waals surface area contributed by atoms with E-state index in [1.807, 2.05) is 34.6 Å². The molecule has 2 amide bonds. The highest BCUT2D eigenvalue weighted by Crippen LogP contribution is 2.21. The van der Waals surface area contributed by atoms with E-state index in [0.29, 0.717) is 32.9 Å². The van der Waals surface area contributed by atoms with Gasteiger partial charge in [-0.15, -0.1) is 0 Å². The molecule has 7 heteroatoms. The third-order valence-electron chi connectivity index (χ3n) is 3.92. The van der Waals surface area contributed by atoms with Crippen LogP contribution in [0.2, 0.25) is 0 Å². The predicted octanol–water partition coefficient (Wildman–Crippen LogP) is 1.26. The van der Waals surface area contributed by atoms with Crippen LogP contribution in [-0.4, -0.2) is 78.5 Å². The summed E-state index contributed by atoms with van der Waals surface area (Å²) in [4.78, 5) is 28.4. The number of carbonyl (C=O) groups excluding carboxylic acids is 2. The fourth-order valence-electron chi connectivity index (χ4n) is 3.03. The molecule has 0 saturated carbocycles. The zero-order chi connectivity index (χ0) is 17.2. The minimum atomic E-state index is -0.540. The van der Waals surface area contributed by atoms with Gasteiger partial charge in [-0.05, 0) is 34.6 Å². The molecule has 132 valence electrons. The topological polar surface area (TPSA) is 68.3 Å². The Morgan fingerprint density at radius 3 is 2.17 bits per heavy atom. The molecule has 0 spiro atoms. The third-order valence-corrected chi connectivity index (χ3v) is 3.92. The summed E-state index contributed by atoms with van der Waals surface area (Å²) in [6.45, 7) is 11.6. The van der Waals surface area contributed by atoms with Crippen molar-refractivity contribution < 1.29 is 23.8 Å². The fourth-order valence-corrected chi connectivity index (χ4v) is 3.03. The molecule has 0 aromatic rings. The van der Waals surface area contributed by atoms with E-state index in [2.05, 4.69) is 0 Å². The molecule has 23 heavy (non-hydrogen) atoms. The second-order valence-electron chi connectivity index (χ2n) is 7.26. The van der Waals surface area contributed by atoms with Crippen LogP contribution < -0.4 is 0 Å². The van der Waals surface area contributed by atoms with E-state index in [1.54, 1.807) is 9.80 Å². The minimum Gasteiger partial charge on any atom is -0.444 e. The van der Waals surface area contributed by atoms with Crippen LogP contribution in [0.5, 0.6) is 0 Å². The van der Waals surface area contributed by atoms with E-state index in [0.717, 1.165) is 0 Å². The summed E-state index contributed by atoms with van der Waals surface area (Å²) in [5.41, 5.74) is -0.524. The van der Waals surface area contributed by atoms with Crippen LogP contribution in [0.3, 0.4) is 0 Å². The minimum absolute atomic E-state index is 0.0615. The van der Waals surface area contributed by atoms with Crippen LogP contribution in [0.15, 0.2) is 0 Å². The van der Waals surface area contributed by atoms with Gasteiger partial charge in [0.1, 0.15) is 5.60 Å². The second-order valence-corrected chi connectivity index (χ2v) is 7.26. The number of amides is 2. The molecule has 0 unspecified atom stereocenters. The number of nitrogens with zero attached hydrogens (tertiary/aromatic N) is 2. The largest absolute Gasteiger partial charge is 0.444 e. The lowest BCUT2D eigenvalue weighted by Crippen LogP contribution is -2.62. The molecular weight excluding hydrogens is 300 g/mol. The van der Waals surface area contributed by atoms with Gasteiger partial charge in [-0.25, -0.2) is 4.79 Å². The summed E-state index contributed by atoms with van der Waals surface area (Å²) >= 11 is 0. The second kappa shape index (κ2) is 7.05. The van der Waals surface area contributed by atoms with Gasteiger partial charge in [-0.1, -0.05) is 0 Å². The van der Waals surface area contributed by atoms with Gasteiger partial charge >= 0.3 is 6.09 Å². The molecule has 0 aromatic carbocycles. The third kappa shape index (κ3) is 4.57. The summed E-state index contributed by atoms with van der Waals surface area (Å²) < 4.78 is 16.3. The Hall–Kier alpha value is -1.34. The molecule has 2 saturated heterocycles. The van der Waals surface area contributed by atoms with Gasteiger partial charge in [0.15, 0.2) is 6.10 Å². The maximum absolute atomic E-state index is 12.7. The van der Waals surface area contributed by atoms with Gasteiger partial charge in [0.25, 0.3) is 5.91 Å². The summed E-state index contributed by atoms with van der Waals surface area (Å²) in [5, 5.41) is 0. The predicted molar refractivity (Wildman–Crippen MR) is 84.1 cm³/mol. The SMILES string of the molecule is C[C@@H]1CN(C(=O)OC(C)(C)C)C[C@H](C)N1C(=O)[C@H]1COCCO1. The van der Waals surface area contributed by atoms with Crippen molar-refractivity contribution in [3.05, 3.63) is 0 Å². The van der Waals surface area contributed by atoms with Crippen LogP contribution >= 0.6 is 0 Å². The van der Waals surface area contributed by atoms with Crippen molar-refractivity contribution in [3.8, 4) is 0 Å². The zero-order valence-electron chi connectivity index (χ0n) is 14.7. The van der Waals surface area contributed by atoms with E-state index in [-0.39, 0.29) is 24.1 Å². The maximum atomic E-state index is 12.7. The molecule has 2 aliphatic heterocycles. The van der Waals surface area contributed by atoms with E-state index < -0.39 is 11.7 Å². The first kappa shape index (κ1) is 18.0. The van der Waals surface area contributed by atoms with E-state index >= 15 is 0 Å². The fraction of sp³-hybridized carbons (Fsp3) is 0.875. The molecule has 0 aromatic heterocycles. The van der Waals surface area contributed by atoms with Crippen LogP contribution in [-0.2, 0) is 19.0 Å². The smallest absolute Gasteiger partial charge is 0.410 e. The van der Waals surface area contributed by atoms with Crippen LogP contribution in [0, 0.1) is 0 Å². The Kier molecular flexibility index (Phi) is 5.52. The summed E-state index contributed by atoms with van der Waals surface area (Å²) in [7, 11) is 0. The first-order valence-corrected chi connectivity index (χ1v) is 8.18. The molecule has 2 aliphatic rings. The average molecular weight is 328 g/mol. The number of ether oxygens (including phenoxy) is 3. The van der Waals surface area contributed by atoms with Crippen LogP contribution in [0.25, 0.3) is 0 Å². The highest BCUT2D eigenvalue weighted by atomic mass is 16.6. The average Bonchev–Trinajstić information content (AvgIpc) is 2.45. The Morgan fingerprint density at radius 1 is 1.09 bits per heavy atom. The van der Waals surface area contributed by atoms with Gasteiger partial charge in [0.2, 0.25) is 0 Å². The van der Waals surface area contributed by atoms with Crippen molar-refractivity contribution in [1.82, 2.24) is 9.80 Å². The number of carbonyl (C=O) groups is 2. The summed E-state index contributed by atoms with van der Waals surface area (Å²) in [5.74, 6) is -0.0615. The Bertz CT molecular complexity index is 430. The zero-order valence-corrected chi connectivity index (χ0v) is 14.7. The van der Waals surface area contributed by atoms with Crippen LogP contribution in [0.1, 0.15) is 34.6 Å². The maximum Gasteiger partial charge on any atom is 0.410 e. The van der Waals surface area contributed by atoms with Gasteiger partial charge in [0.05, 0.1) is 19.8 Å². The number of rotatable bonds is 1. The summed E-state index contributed by atoms with van der Waals surface area (Å²) in [6, 6.07) is -0.186. The first-order chi connectivity index (χ1) is 10.7. The molecule has 2 heterocycles. The Labute approximate surface area is 137 Å². The van der Waals surface area contributed by atoms with E-state index in [1.165, 1.54) is 0 Å². The van der Waals surface area contributed by atoms with Crippen molar-refractivity contribution in [1.29, 1.82) is 0 Å². The number of hydrogen-bond donors (Lipinski definition) is 0. The molecule has 0 N–H and O–H groups in total. The van der Waals surface area contributed by atoms with E-state index in [4.69, 9.17) is 14.2 Å². The highest BCUT2D eigenvalue weighted by Gasteiger charge is 2.39. The van der Waals surface area contributed by atoms with Gasteiger partial charge in [-0.2, -0.15) is 0 Å². The Balaban J connectivity index is 1.99. The van der Waals surface area contributed by atoms with Crippen molar-refractivity contribution in [3.63, 3.8) is 0 Å². The lowest BCUT2D eigenvalue weighted by atomic mass is 10.1. The van der Waals surface area contributed by atoms with Gasteiger partial charge in [-0.3, -0.25) is 4.79 Å². The molecule has 0 radical (unpaired) electrons. The molecule has 3 atom stereocenters. The Morgan fingerprint density at radius 2 is 1.70 bits per heavy atom. The molecule has 7 nitrogen and oxygen atoms in total. The molecule has 0 aliphatic carbocycles.